The highest BCUT2D eigenvalue weighted by molar-refractivity contribution is 6.34. The van der Waals surface area contributed by atoms with Crippen molar-refractivity contribution in [1.82, 2.24) is 9.78 Å². The first kappa shape index (κ1) is 20.2. The van der Waals surface area contributed by atoms with E-state index in [2.05, 4.69) is 15.4 Å². The van der Waals surface area contributed by atoms with Crippen LogP contribution < -0.4 is 11.1 Å². The highest BCUT2D eigenvalue weighted by atomic mass is 35.5. The van der Waals surface area contributed by atoms with Crippen molar-refractivity contribution in [2.24, 2.45) is 17.8 Å². The Morgan fingerprint density at radius 1 is 1.43 bits per heavy atom. The number of alkyl halides is 2. The molecule has 0 fully saturated rings. The van der Waals surface area contributed by atoms with Crippen LogP contribution in [0.25, 0.3) is 0 Å². The third kappa shape index (κ3) is 3.57. The summed E-state index contributed by atoms with van der Waals surface area (Å²) in [6.45, 7) is -0.206. The van der Waals surface area contributed by atoms with Gasteiger partial charge >= 0.3 is 0 Å². The van der Waals surface area contributed by atoms with E-state index in [1.165, 1.54) is 16.9 Å². The molecule has 3 N–H and O–H groups in total. The molecule has 2 aromatic rings. The molecule has 1 atom stereocenters. The Bertz CT molecular complexity index is 962. The summed E-state index contributed by atoms with van der Waals surface area (Å²) in [4.78, 5) is 16.2. The van der Waals surface area contributed by atoms with Gasteiger partial charge in [-0.2, -0.15) is 5.10 Å². The number of amidine groups is 1. The largest absolute Gasteiger partial charge is 0.385 e. The number of ether oxygens (including phenoxy) is 1. The third-order valence-corrected chi connectivity index (χ3v) is 4.64. The molecule has 1 amide bonds. The van der Waals surface area contributed by atoms with Crippen molar-refractivity contribution in [2.75, 3.05) is 18.5 Å². The minimum atomic E-state index is -3.54. The number of hydrogen-bond acceptors (Lipinski definition) is 5. The molecule has 0 saturated carbocycles. The van der Waals surface area contributed by atoms with Crippen LogP contribution in [0.4, 0.5) is 18.9 Å². The Kier molecular flexibility index (Phi) is 5.11. The second kappa shape index (κ2) is 7.10. The van der Waals surface area contributed by atoms with Gasteiger partial charge in [0.15, 0.2) is 11.2 Å². The van der Waals surface area contributed by atoms with E-state index in [4.69, 9.17) is 22.1 Å². The van der Waals surface area contributed by atoms with Crippen molar-refractivity contribution < 1.29 is 22.7 Å². The van der Waals surface area contributed by atoms with Crippen LogP contribution >= 0.6 is 11.6 Å². The number of carbonyl (C=O) groups excluding carboxylic acids is 1. The number of aliphatic imine (C=N–C) groups is 1. The van der Waals surface area contributed by atoms with Crippen molar-refractivity contribution in [3.05, 3.63) is 46.5 Å². The van der Waals surface area contributed by atoms with E-state index in [-0.39, 0.29) is 28.8 Å². The first-order valence-corrected chi connectivity index (χ1v) is 8.51. The number of rotatable bonds is 3. The van der Waals surface area contributed by atoms with Crippen LogP contribution in [0.1, 0.15) is 23.0 Å². The summed E-state index contributed by atoms with van der Waals surface area (Å²) in [5, 5.41) is 6.50. The second-order valence-corrected chi connectivity index (χ2v) is 6.93. The zero-order valence-corrected chi connectivity index (χ0v) is 15.7. The minimum absolute atomic E-state index is 0.0586. The topological polar surface area (TPSA) is 94.5 Å². The number of halogens is 4. The summed E-state index contributed by atoms with van der Waals surface area (Å²) in [5.74, 6) is -5.32. The molecule has 28 heavy (non-hydrogen) atoms. The highest BCUT2D eigenvalue weighted by Crippen LogP contribution is 2.44. The molecule has 0 bridgehead atoms. The maximum atomic E-state index is 14.7. The van der Waals surface area contributed by atoms with Crippen LogP contribution in [-0.4, -0.2) is 40.7 Å². The molecule has 3 rings (SSSR count). The van der Waals surface area contributed by atoms with E-state index < -0.39 is 35.4 Å². The van der Waals surface area contributed by atoms with Crippen molar-refractivity contribution in [3.63, 3.8) is 0 Å². The van der Waals surface area contributed by atoms with Crippen LogP contribution in [0.15, 0.2) is 29.4 Å². The van der Waals surface area contributed by atoms with Gasteiger partial charge in [0.25, 0.3) is 11.8 Å². The summed E-state index contributed by atoms with van der Waals surface area (Å²) in [6.07, 6.45) is 1.43. The van der Waals surface area contributed by atoms with E-state index in [0.29, 0.717) is 0 Å². The average molecular weight is 416 g/mol. The Balaban J connectivity index is 2.00. The van der Waals surface area contributed by atoms with Gasteiger partial charge in [-0.15, -0.1) is 0 Å². The molecule has 2 heterocycles. The number of anilines is 1. The fourth-order valence-electron chi connectivity index (χ4n) is 2.86. The fourth-order valence-corrected chi connectivity index (χ4v) is 3.13. The molecular weight excluding hydrogens is 399 g/mol. The maximum Gasteiger partial charge on any atom is 0.299 e. The molecule has 7 nitrogen and oxygen atoms in total. The van der Waals surface area contributed by atoms with Gasteiger partial charge in [0.2, 0.25) is 0 Å². The standard InChI is InChI=1S/C17H17ClF3N5O2/c1-16(17(20,21)8-28-7-13(22)24-16)10-5-9(3-4-12(10)19)23-15(27)14-11(18)6-26(2)25-14/h3-6H,7-8H2,1-2H3,(H2,22,24)(H,23,27). The first-order valence-electron chi connectivity index (χ1n) is 8.14. The van der Waals surface area contributed by atoms with Crippen molar-refractivity contribution in [3.8, 4) is 0 Å². The summed E-state index contributed by atoms with van der Waals surface area (Å²) >= 11 is 5.93. The molecule has 1 unspecified atom stereocenters. The smallest absolute Gasteiger partial charge is 0.299 e. The van der Waals surface area contributed by atoms with Gasteiger partial charge in [0, 0.05) is 24.5 Å². The van der Waals surface area contributed by atoms with Gasteiger partial charge in [-0.25, -0.2) is 13.2 Å². The van der Waals surface area contributed by atoms with Crippen LogP contribution in [0.5, 0.6) is 0 Å². The van der Waals surface area contributed by atoms with Gasteiger partial charge in [0.1, 0.15) is 24.9 Å². The molecule has 0 spiro atoms. The molecular formula is C17H17ClF3N5O2. The molecule has 11 heteroatoms. The van der Waals surface area contributed by atoms with Crippen molar-refractivity contribution in [1.29, 1.82) is 0 Å². The van der Waals surface area contributed by atoms with Crippen LogP contribution in [0.3, 0.4) is 0 Å². The van der Waals surface area contributed by atoms with Gasteiger partial charge in [-0.3, -0.25) is 14.5 Å². The van der Waals surface area contributed by atoms with Crippen molar-refractivity contribution in [2.45, 2.75) is 18.4 Å². The fraction of sp³-hybridized carbons (Fsp3) is 0.353. The lowest BCUT2D eigenvalue weighted by atomic mass is 9.85. The van der Waals surface area contributed by atoms with Crippen molar-refractivity contribution >= 4 is 29.0 Å². The average Bonchev–Trinajstić information content (AvgIpc) is 2.89. The SMILES string of the molecule is Cn1cc(Cl)c(C(=O)Nc2ccc(F)c(C3(C)N=C(N)COCC3(F)F)c2)n1. The molecule has 150 valence electrons. The Labute approximate surface area is 163 Å². The number of nitrogens with two attached hydrogens (primary N) is 1. The predicted molar refractivity (Wildman–Crippen MR) is 97.3 cm³/mol. The van der Waals surface area contributed by atoms with Gasteiger partial charge in [-0.05, 0) is 25.1 Å². The zero-order valence-electron chi connectivity index (χ0n) is 15.0. The van der Waals surface area contributed by atoms with E-state index in [9.17, 15) is 18.0 Å². The number of nitrogens with zero attached hydrogens (tertiary/aromatic N) is 3. The molecule has 1 aromatic carbocycles. The number of aryl methyl sites for hydroxylation is 1. The molecule has 0 saturated heterocycles. The highest BCUT2D eigenvalue weighted by Gasteiger charge is 2.54. The summed E-state index contributed by atoms with van der Waals surface area (Å²) in [7, 11) is 1.58. The summed E-state index contributed by atoms with van der Waals surface area (Å²) < 4.78 is 50.1. The van der Waals surface area contributed by atoms with Gasteiger partial charge in [0.05, 0.1) is 5.02 Å². The van der Waals surface area contributed by atoms with E-state index in [1.54, 1.807) is 7.05 Å². The maximum absolute atomic E-state index is 14.7. The monoisotopic (exact) mass is 415 g/mol. The molecule has 1 aromatic heterocycles. The van der Waals surface area contributed by atoms with Crippen LogP contribution in [0, 0.1) is 5.82 Å². The molecule has 0 radical (unpaired) electrons. The lowest BCUT2D eigenvalue weighted by Crippen LogP contribution is -2.45. The second-order valence-electron chi connectivity index (χ2n) is 6.52. The lowest BCUT2D eigenvalue weighted by molar-refractivity contribution is -0.116. The number of aromatic nitrogens is 2. The number of benzene rings is 1. The lowest BCUT2D eigenvalue weighted by Gasteiger charge is -2.33. The van der Waals surface area contributed by atoms with Crippen LogP contribution in [0.2, 0.25) is 5.02 Å². The number of carbonyl (C=O) groups is 1. The summed E-state index contributed by atoms with van der Waals surface area (Å²) in [6, 6.07) is 3.28. The molecule has 1 aliphatic heterocycles. The Morgan fingerprint density at radius 2 is 2.14 bits per heavy atom. The zero-order chi connectivity index (χ0) is 20.7. The first-order chi connectivity index (χ1) is 13.0. The minimum Gasteiger partial charge on any atom is -0.385 e. The Hall–Kier alpha value is -2.59. The molecule has 0 aliphatic carbocycles. The van der Waals surface area contributed by atoms with E-state index in [0.717, 1.165) is 19.1 Å². The number of amides is 1. The molecule has 1 aliphatic rings. The van der Waals surface area contributed by atoms with Gasteiger partial charge in [-0.1, -0.05) is 11.6 Å². The van der Waals surface area contributed by atoms with E-state index >= 15 is 0 Å². The van der Waals surface area contributed by atoms with E-state index in [1.807, 2.05) is 0 Å². The number of hydrogen-bond donors (Lipinski definition) is 2. The summed E-state index contributed by atoms with van der Waals surface area (Å²) in [5.41, 5.74) is 2.86. The van der Waals surface area contributed by atoms with Gasteiger partial charge < -0.3 is 15.8 Å². The Morgan fingerprint density at radius 3 is 2.79 bits per heavy atom. The normalized spacial score (nSPS) is 21.7. The predicted octanol–water partition coefficient (Wildman–Crippen LogP) is 2.70. The quantitative estimate of drug-likeness (QED) is 0.805. The van der Waals surface area contributed by atoms with Crippen LogP contribution in [-0.2, 0) is 17.3 Å². The number of nitrogens with one attached hydrogen (secondary N) is 1. The third-order valence-electron chi connectivity index (χ3n) is 4.36.